The summed E-state index contributed by atoms with van der Waals surface area (Å²) in [4.78, 5) is 0. The molecule has 0 amide bonds. The van der Waals surface area contributed by atoms with E-state index in [1.807, 2.05) is 0 Å². The van der Waals surface area contributed by atoms with Crippen molar-refractivity contribution in [3.63, 3.8) is 0 Å². The fraction of sp³-hybridized carbons (Fsp3) is 1.00. The van der Waals surface area contributed by atoms with E-state index in [1.165, 1.54) is 25.7 Å². The Bertz CT molecular complexity index is 610. The molecule has 0 bridgehead atoms. The molecule has 0 nitrogen and oxygen atoms in total. The smallest absolute Gasteiger partial charge is 0.0357 e. The molecular formula is C34H62. The Kier molecular flexibility index (Phi) is 9.22. The molecule has 0 N–H and O–H groups in total. The molecule has 0 saturated heterocycles. The van der Waals surface area contributed by atoms with Crippen LogP contribution in [0.15, 0.2) is 0 Å². The molecule has 0 radical (unpaired) electrons. The third-order valence-electron chi connectivity index (χ3n) is 12.8. The highest BCUT2D eigenvalue weighted by Crippen LogP contribution is 2.54. The quantitative estimate of drug-likeness (QED) is 0.338. The van der Waals surface area contributed by atoms with Crippen LogP contribution in [-0.2, 0) is 0 Å². The maximum atomic E-state index is 2.68. The lowest BCUT2D eigenvalue weighted by molar-refractivity contribution is 0.0620. The minimum absolute atomic E-state index is 0.851. The number of rotatable bonds is 6. The molecule has 0 aromatic carbocycles. The highest BCUT2D eigenvalue weighted by molar-refractivity contribution is 4.95. The normalized spacial score (nSPS) is 45.7. The zero-order valence-electron chi connectivity index (χ0n) is 24.6. The van der Waals surface area contributed by atoms with Gasteiger partial charge >= 0.3 is 0 Å². The van der Waals surface area contributed by atoms with Gasteiger partial charge in [0.25, 0.3) is 0 Å². The highest BCUT2D eigenvalue weighted by atomic mass is 14.5. The van der Waals surface area contributed by atoms with Crippen LogP contribution in [0, 0.1) is 82.9 Å². The summed E-state index contributed by atoms with van der Waals surface area (Å²) < 4.78 is 0. The Morgan fingerprint density at radius 3 is 1.76 bits per heavy atom. The first-order valence-electron chi connectivity index (χ1n) is 16.1. The third-order valence-corrected chi connectivity index (χ3v) is 12.8. The second-order valence-electron chi connectivity index (χ2n) is 15.4. The van der Waals surface area contributed by atoms with Crippen LogP contribution in [-0.4, -0.2) is 0 Å². The minimum atomic E-state index is 0.851. The van der Waals surface area contributed by atoms with E-state index in [0.717, 1.165) is 82.9 Å². The molecule has 4 saturated carbocycles. The maximum absolute atomic E-state index is 2.68. The first-order chi connectivity index (χ1) is 16.1. The zero-order valence-corrected chi connectivity index (χ0v) is 24.6. The van der Waals surface area contributed by atoms with Crippen molar-refractivity contribution in [1.82, 2.24) is 0 Å². The first kappa shape index (κ1) is 27.0. The molecule has 0 aromatic rings. The van der Waals surface area contributed by atoms with Gasteiger partial charge in [-0.25, -0.2) is 0 Å². The van der Waals surface area contributed by atoms with E-state index in [4.69, 9.17) is 0 Å². The molecular weight excluding hydrogens is 408 g/mol. The fourth-order valence-electron chi connectivity index (χ4n) is 10.1. The summed E-state index contributed by atoms with van der Waals surface area (Å²) in [6.07, 6.45) is 18.5. The van der Waals surface area contributed by atoms with E-state index >= 15 is 0 Å². The van der Waals surface area contributed by atoms with Gasteiger partial charge in [-0.3, -0.25) is 0 Å². The lowest BCUT2D eigenvalue weighted by Gasteiger charge is -2.44. The Labute approximate surface area is 215 Å². The van der Waals surface area contributed by atoms with Gasteiger partial charge in [0.15, 0.2) is 0 Å². The Hall–Kier alpha value is 0. The van der Waals surface area contributed by atoms with Crippen LogP contribution in [0.3, 0.4) is 0 Å². The molecule has 4 rings (SSSR count). The monoisotopic (exact) mass is 470 g/mol. The van der Waals surface area contributed by atoms with E-state index in [-0.39, 0.29) is 0 Å². The first-order valence-corrected chi connectivity index (χ1v) is 16.1. The van der Waals surface area contributed by atoms with Crippen LogP contribution in [0.1, 0.15) is 132 Å². The molecule has 4 aliphatic rings. The van der Waals surface area contributed by atoms with Gasteiger partial charge in [-0.15, -0.1) is 0 Å². The molecule has 10 unspecified atom stereocenters. The molecule has 0 aromatic heterocycles. The van der Waals surface area contributed by atoms with Gasteiger partial charge in [0.1, 0.15) is 0 Å². The van der Waals surface area contributed by atoms with Gasteiger partial charge in [-0.05, 0) is 160 Å². The van der Waals surface area contributed by atoms with Crippen molar-refractivity contribution in [2.24, 2.45) is 82.9 Å². The summed E-state index contributed by atoms with van der Waals surface area (Å²) in [7, 11) is 0. The molecule has 34 heavy (non-hydrogen) atoms. The third kappa shape index (κ3) is 6.10. The van der Waals surface area contributed by atoms with Gasteiger partial charge in [-0.1, -0.05) is 55.4 Å². The van der Waals surface area contributed by atoms with E-state index in [0.29, 0.717) is 0 Å². The molecule has 0 heteroatoms. The summed E-state index contributed by atoms with van der Waals surface area (Å²) in [5.74, 6) is 13.9. The van der Waals surface area contributed by atoms with Gasteiger partial charge in [-0.2, -0.15) is 0 Å². The predicted molar refractivity (Wildman–Crippen MR) is 150 cm³/mol. The van der Waals surface area contributed by atoms with Crippen molar-refractivity contribution < 1.29 is 0 Å². The highest BCUT2D eigenvalue weighted by Gasteiger charge is 2.45. The van der Waals surface area contributed by atoms with Crippen molar-refractivity contribution >= 4 is 0 Å². The van der Waals surface area contributed by atoms with Crippen LogP contribution < -0.4 is 0 Å². The van der Waals surface area contributed by atoms with E-state index in [2.05, 4.69) is 55.4 Å². The van der Waals surface area contributed by atoms with Crippen LogP contribution in [0.2, 0.25) is 0 Å². The van der Waals surface area contributed by atoms with Crippen LogP contribution in [0.25, 0.3) is 0 Å². The molecule has 10 atom stereocenters. The SMILES string of the molecule is CC1CC(C2CCC(C(C)C3CC(C)C4CC(C(C)C)CC4C3)CC2)CCC(C(C)C(C)C)C1. The molecule has 0 spiro atoms. The van der Waals surface area contributed by atoms with Crippen molar-refractivity contribution in [1.29, 1.82) is 0 Å². The van der Waals surface area contributed by atoms with E-state index in [1.54, 1.807) is 51.4 Å². The Balaban J connectivity index is 1.27. The van der Waals surface area contributed by atoms with E-state index in [9.17, 15) is 0 Å². The van der Waals surface area contributed by atoms with Gasteiger partial charge in [0.05, 0.1) is 0 Å². The van der Waals surface area contributed by atoms with Gasteiger partial charge in [0.2, 0.25) is 0 Å². The summed E-state index contributed by atoms with van der Waals surface area (Å²) in [5, 5.41) is 0. The van der Waals surface area contributed by atoms with E-state index < -0.39 is 0 Å². The standard InChI is InChI=1S/C34H62/c1-21(2)25(7)29-13-14-30(16-23(5)15-29)28-11-9-27(10-12-28)26(8)32-17-24(6)34-20-31(22(3)4)18-33(34)19-32/h21-34H,9-20H2,1-8H3. The molecule has 0 aliphatic heterocycles. The molecule has 4 aliphatic carbocycles. The summed E-state index contributed by atoms with van der Waals surface area (Å²) in [6.45, 7) is 20.3. The van der Waals surface area contributed by atoms with Crippen molar-refractivity contribution in [2.45, 2.75) is 132 Å². The van der Waals surface area contributed by atoms with Crippen molar-refractivity contribution in [2.75, 3.05) is 0 Å². The Morgan fingerprint density at radius 2 is 1.12 bits per heavy atom. The maximum Gasteiger partial charge on any atom is -0.0357 e. The lowest BCUT2D eigenvalue weighted by atomic mass is 9.62. The van der Waals surface area contributed by atoms with Crippen molar-refractivity contribution in [3.8, 4) is 0 Å². The largest absolute Gasteiger partial charge is 0.0625 e. The summed E-state index contributed by atoms with van der Waals surface area (Å²) in [5.41, 5.74) is 0. The molecule has 0 heterocycles. The lowest BCUT2D eigenvalue weighted by Crippen LogP contribution is -2.35. The minimum Gasteiger partial charge on any atom is -0.0625 e. The topological polar surface area (TPSA) is 0 Å². The average molecular weight is 471 g/mol. The van der Waals surface area contributed by atoms with Gasteiger partial charge < -0.3 is 0 Å². The zero-order chi connectivity index (χ0) is 24.6. The molecule has 198 valence electrons. The number of hydrogen-bond donors (Lipinski definition) is 0. The number of hydrogen-bond acceptors (Lipinski definition) is 0. The second kappa shape index (κ2) is 11.6. The predicted octanol–water partition coefficient (Wildman–Crippen LogP) is 10.5. The summed E-state index contributed by atoms with van der Waals surface area (Å²) in [6, 6.07) is 0. The fourth-order valence-corrected chi connectivity index (χ4v) is 10.1. The number of fused-ring (bicyclic) bond motifs is 1. The second-order valence-corrected chi connectivity index (χ2v) is 15.4. The van der Waals surface area contributed by atoms with Crippen LogP contribution in [0.5, 0.6) is 0 Å². The Morgan fingerprint density at radius 1 is 0.500 bits per heavy atom. The molecule has 4 fully saturated rings. The average Bonchev–Trinajstić information content (AvgIpc) is 3.15. The van der Waals surface area contributed by atoms with Crippen LogP contribution in [0.4, 0.5) is 0 Å². The van der Waals surface area contributed by atoms with Crippen LogP contribution >= 0.6 is 0 Å². The summed E-state index contributed by atoms with van der Waals surface area (Å²) >= 11 is 0. The van der Waals surface area contributed by atoms with Gasteiger partial charge in [0, 0.05) is 0 Å². The van der Waals surface area contributed by atoms with Crippen molar-refractivity contribution in [3.05, 3.63) is 0 Å².